The van der Waals surface area contributed by atoms with E-state index in [0.717, 1.165) is 6.92 Å². The number of carboxylic acid groups (broad SMARTS) is 1. The van der Waals surface area contributed by atoms with Crippen LogP contribution in [0.2, 0.25) is 0 Å². The smallest absolute Gasteiger partial charge is 0.325 e. The lowest BCUT2D eigenvalue weighted by Crippen LogP contribution is -2.38. The summed E-state index contributed by atoms with van der Waals surface area (Å²) in [6, 6.07) is -1.24. The van der Waals surface area contributed by atoms with Crippen LogP contribution in [0.5, 0.6) is 0 Å². The molecule has 0 bridgehead atoms. The number of benzene rings is 1. The van der Waals surface area contributed by atoms with E-state index >= 15 is 0 Å². The summed E-state index contributed by atoms with van der Waals surface area (Å²) in [5, 5.41) is 10.3. The number of nitrogens with one attached hydrogen (secondary N) is 1. The number of hydrogen-bond acceptors (Lipinski definition) is 2. The van der Waals surface area contributed by atoms with Crippen LogP contribution in [-0.4, -0.2) is 23.0 Å². The number of hydrogen-bond donors (Lipinski definition) is 2. The van der Waals surface area contributed by atoms with Crippen molar-refractivity contribution in [2.45, 2.75) is 13.0 Å². The summed E-state index contributed by atoms with van der Waals surface area (Å²) in [7, 11) is 0. The van der Waals surface area contributed by atoms with Crippen molar-refractivity contribution in [3.05, 3.63) is 34.9 Å². The molecule has 1 aromatic carbocycles. The van der Waals surface area contributed by atoms with Gasteiger partial charge >= 0.3 is 5.97 Å². The number of carboxylic acids is 1. The van der Waals surface area contributed by atoms with E-state index in [4.69, 9.17) is 5.11 Å². The van der Waals surface area contributed by atoms with Gasteiger partial charge in [-0.15, -0.1) is 0 Å². The lowest BCUT2D eigenvalue weighted by atomic mass is 10.1. The van der Waals surface area contributed by atoms with Crippen molar-refractivity contribution < 1.29 is 32.3 Å². The zero-order chi connectivity index (χ0) is 14.0. The van der Waals surface area contributed by atoms with Crippen molar-refractivity contribution in [1.29, 1.82) is 0 Å². The minimum absolute atomic E-state index is 0.150. The van der Waals surface area contributed by atoms with Crippen molar-refractivity contribution in [2.75, 3.05) is 0 Å². The van der Waals surface area contributed by atoms with Crippen LogP contribution in [-0.2, 0) is 4.79 Å². The fraction of sp³-hybridized carbons (Fsp3) is 0.200. The van der Waals surface area contributed by atoms with E-state index in [2.05, 4.69) is 0 Å². The molecule has 18 heavy (non-hydrogen) atoms. The molecule has 8 heteroatoms. The fourth-order valence-electron chi connectivity index (χ4n) is 1.07. The van der Waals surface area contributed by atoms with E-state index in [0.29, 0.717) is 0 Å². The SMILES string of the molecule is C[C@H](NC(=O)c1cc(F)c(F)c(F)c1F)C(=O)O. The van der Waals surface area contributed by atoms with Crippen LogP contribution in [0.15, 0.2) is 6.07 Å². The predicted molar refractivity (Wildman–Crippen MR) is 50.8 cm³/mol. The number of rotatable bonds is 3. The molecular formula is C10H7F4NO3. The summed E-state index contributed by atoms with van der Waals surface area (Å²) >= 11 is 0. The molecule has 1 amide bonds. The van der Waals surface area contributed by atoms with Gasteiger partial charge in [-0.3, -0.25) is 9.59 Å². The average molecular weight is 265 g/mol. The van der Waals surface area contributed by atoms with Crippen molar-refractivity contribution in [3.8, 4) is 0 Å². The van der Waals surface area contributed by atoms with E-state index in [-0.39, 0.29) is 6.07 Å². The first-order valence-corrected chi connectivity index (χ1v) is 4.62. The van der Waals surface area contributed by atoms with Gasteiger partial charge < -0.3 is 10.4 Å². The van der Waals surface area contributed by atoms with Gasteiger partial charge in [0.15, 0.2) is 23.3 Å². The van der Waals surface area contributed by atoms with Gasteiger partial charge in [0.25, 0.3) is 5.91 Å². The highest BCUT2D eigenvalue weighted by molar-refractivity contribution is 5.96. The maximum Gasteiger partial charge on any atom is 0.325 e. The molecule has 0 radical (unpaired) electrons. The Morgan fingerprint density at radius 1 is 1.17 bits per heavy atom. The molecule has 0 aliphatic carbocycles. The monoisotopic (exact) mass is 265 g/mol. The molecule has 0 unspecified atom stereocenters. The van der Waals surface area contributed by atoms with E-state index in [1.54, 1.807) is 5.32 Å². The third kappa shape index (κ3) is 2.58. The van der Waals surface area contributed by atoms with Crippen LogP contribution in [0.25, 0.3) is 0 Å². The molecular weight excluding hydrogens is 258 g/mol. The van der Waals surface area contributed by atoms with Crippen molar-refractivity contribution >= 4 is 11.9 Å². The molecule has 1 aromatic rings. The molecule has 1 atom stereocenters. The van der Waals surface area contributed by atoms with Crippen LogP contribution in [0.4, 0.5) is 17.6 Å². The van der Waals surface area contributed by atoms with Gasteiger partial charge in [0.05, 0.1) is 5.56 Å². The third-order valence-electron chi connectivity index (χ3n) is 2.07. The van der Waals surface area contributed by atoms with E-state index < -0.39 is 46.8 Å². The van der Waals surface area contributed by atoms with Crippen molar-refractivity contribution in [1.82, 2.24) is 5.32 Å². The molecule has 98 valence electrons. The number of halogens is 4. The molecule has 0 heterocycles. The zero-order valence-electron chi connectivity index (χ0n) is 8.93. The lowest BCUT2D eigenvalue weighted by Gasteiger charge is -2.10. The fourth-order valence-corrected chi connectivity index (χ4v) is 1.07. The molecule has 4 nitrogen and oxygen atoms in total. The molecule has 1 rings (SSSR count). The van der Waals surface area contributed by atoms with Gasteiger partial charge in [-0.05, 0) is 13.0 Å². The zero-order valence-corrected chi connectivity index (χ0v) is 8.93. The average Bonchev–Trinajstić information content (AvgIpc) is 2.30. The van der Waals surface area contributed by atoms with Gasteiger partial charge in [-0.25, -0.2) is 17.6 Å². The Labute approximate surface area is 98.2 Å². The molecule has 0 aliphatic heterocycles. The van der Waals surface area contributed by atoms with E-state index in [1.165, 1.54) is 0 Å². The topological polar surface area (TPSA) is 66.4 Å². The van der Waals surface area contributed by atoms with Crippen molar-refractivity contribution in [2.24, 2.45) is 0 Å². The van der Waals surface area contributed by atoms with Crippen LogP contribution in [0.1, 0.15) is 17.3 Å². The Morgan fingerprint density at radius 2 is 1.72 bits per heavy atom. The largest absolute Gasteiger partial charge is 0.480 e. The quantitative estimate of drug-likeness (QED) is 0.494. The second kappa shape index (κ2) is 5.03. The molecule has 0 spiro atoms. The number of amides is 1. The summed E-state index contributed by atoms with van der Waals surface area (Å²) in [5.74, 6) is -10.6. The summed E-state index contributed by atoms with van der Waals surface area (Å²) < 4.78 is 51.4. The first-order chi connectivity index (χ1) is 8.25. The predicted octanol–water partition coefficient (Wildman–Crippen LogP) is 1.45. The molecule has 2 N–H and O–H groups in total. The number of carbonyl (C=O) groups excluding carboxylic acids is 1. The third-order valence-corrected chi connectivity index (χ3v) is 2.07. The minimum Gasteiger partial charge on any atom is -0.480 e. The number of aliphatic carboxylic acids is 1. The summed E-state index contributed by atoms with van der Waals surface area (Å²) in [4.78, 5) is 21.7. The molecule has 0 fully saturated rings. The van der Waals surface area contributed by atoms with Crippen molar-refractivity contribution in [3.63, 3.8) is 0 Å². The van der Waals surface area contributed by atoms with Gasteiger partial charge in [0.2, 0.25) is 0 Å². The molecule has 0 aliphatic rings. The Morgan fingerprint density at radius 3 is 2.22 bits per heavy atom. The van der Waals surface area contributed by atoms with Crippen LogP contribution < -0.4 is 5.32 Å². The standard InChI is InChI=1S/C10H7F4NO3/c1-3(10(17)18)15-9(16)4-2-5(11)7(13)8(14)6(4)12/h2-3H,1H3,(H,15,16)(H,17,18)/t3-/m0/s1. The molecule has 0 saturated carbocycles. The highest BCUT2D eigenvalue weighted by Gasteiger charge is 2.24. The second-order valence-electron chi connectivity index (χ2n) is 3.38. The normalized spacial score (nSPS) is 12.1. The first-order valence-electron chi connectivity index (χ1n) is 4.62. The highest BCUT2D eigenvalue weighted by atomic mass is 19.2. The Hall–Kier alpha value is -2.12. The second-order valence-corrected chi connectivity index (χ2v) is 3.38. The number of carbonyl (C=O) groups is 2. The van der Waals surface area contributed by atoms with Gasteiger partial charge in [0, 0.05) is 0 Å². The summed E-state index contributed by atoms with van der Waals surface area (Å²) in [6.45, 7) is 1.06. The Balaban J connectivity index is 3.11. The maximum absolute atomic E-state index is 13.2. The van der Waals surface area contributed by atoms with Crippen LogP contribution in [0, 0.1) is 23.3 Å². The first kappa shape index (κ1) is 13.9. The van der Waals surface area contributed by atoms with E-state index in [1.807, 2.05) is 0 Å². The lowest BCUT2D eigenvalue weighted by molar-refractivity contribution is -0.138. The Kier molecular flexibility index (Phi) is 3.89. The maximum atomic E-state index is 13.2. The summed E-state index contributed by atoms with van der Waals surface area (Å²) in [5.41, 5.74) is -1.11. The van der Waals surface area contributed by atoms with Crippen LogP contribution in [0.3, 0.4) is 0 Å². The molecule has 0 aromatic heterocycles. The van der Waals surface area contributed by atoms with Crippen LogP contribution >= 0.6 is 0 Å². The Bertz CT molecular complexity index is 518. The highest BCUT2D eigenvalue weighted by Crippen LogP contribution is 2.18. The van der Waals surface area contributed by atoms with Gasteiger partial charge in [-0.2, -0.15) is 0 Å². The molecule has 0 saturated heterocycles. The van der Waals surface area contributed by atoms with E-state index in [9.17, 15) is 27.2 Å². The van der Waals surface area contributed by atoms with Gasteiger partial charge in [-0.1, -0.05) is 0 Å². The minimum atomic E-state index is -2.14. The van der Waals surface area contributed by atoms with Gasteiger partial charge in [0.1, 0.15) is 6.04 Å². The summed E-state index contributed by atoms with van der Waals surface area (Å²) in [6.07, 6.45) is 0.